The summed E-state index contributed by atoms with van der Waals surface area (Å²) in [5.74, 6) is 0.356. The quantitative estimate of drug-likeness (QED) is 0.531. The van der Waals surface area contributed by atoms with Crippen LogP contribution < -0.4 is 14.8 Å². The molecule has 0 unspecified atom stereocenters. The van der Waals surface area contributed by atoms with Crippen LogP contribution in [0.1, 0.15) is 22.8 Å². The van der Waals surface area contributed by atoms with E-state index in [0.717, 1.165) is 0 Å². The minimum atomic E-state index is -3.78. The largest absolute Gasteiger partial charge is 0.494 e. The molecule has 0 radical (unpaired) electrons. The van der Waals surface area contributed by atoms with Crippen molar-refractivity contribution in [1.82, 2.24) is 0 Å². The Balaban J connectivity index is 1.74. The molecule has 0 spiro atoms. The molecule has 0 atom stereocenters. The van der Waals surface area contributed by atoms with Gasteiger partial charge in [0.2, 0.25) is 0 Å². The van der Waals surface area contributed by atoms with Gasteiger partial charge in [0.05, 0.1) is 11.5 Å². The van der Waals surface area contributed by atoms with Crippen LogP contribution in [0.25, 0.3) is 0 Å². The molecule has 30 heavy (non-hydrogen) atoms. The molecule has 3 aromatic carbocycles. The number of hydrogen-bond acceptors (Lipinski definition) is 4. The second-order valence-electron chi connectivity index (χ2n) is 6.50. The molecule has 3 rings (SSSR count). The van der Waals surface area contributed by atoms with Gasteiger partial charge in [0.15, 0.2) is 0 Å². The number of benzene rings is 3. The molecule has 0 aromatic heterocycles. The third kappa shape index (κ3) is 5.31. The summed E-state index contributed by atoms with van der Waals surface area (Å²) in [5.41, 5.74) is 2.02. The van der Waals surface area contributed by atoms with Gasteiger partial charge in [0, 0.05) is 22.0 Å². The molecule has 6 nitrogen and oxygen atoms in total. The molecule has 0 aliphatic rings. The summed E-state index contributed by atoms with van der Waals surface area (Å²) in [4.78, 5) is 12.5. The maximum Gasteiger partial charge on any atom is 0.261 e. The van der Waals surface area contributed by atoms with E-state index in [1.54, 1.807) is 61.5 Å². The monoisotopic (exact) mass is 444 g/mol. The van der Waals surface area contributed by atoms with Crippen molar-refractivity contribution in [3.05, 3.63) is 82.9 Å². The lowest BCUT2D eigenvalue weighted by Gasteiger charge is -2.12. The van der Waals surface area contributed by atoms with E-state index in [4.69, 9.17) is 16.3 Å². The van der Waals surface area contributed by atoms with Gasteiger partial charge in [-0.3, -0.25) is 9.52 Å². The lowest BCUT2D eigenvalue weighted by molar-refractivity contribution is 0.102. The minimum absolute atomic E-state index is 0.0957. The smallest absolute Gasteiger partial charge is 0.261 e. The van der Waals surface area contributed by atoms with Gasteiger partial charge in [-0.25, -0.2) is 8.42 Å². The third-order valence-corrected chi connectivity index (χ3v) is 5.91. The van der Waals surface area contributed by atoms with Crippen molar-refractivity contribution >= 4 is 38.9 Å². The number of carbonyl (C=O) groups excluding carboxylic acids is 1. The highest BCUT2D eigenvalue weighted by atomic mass is 35.5. The average molecular weight is 445 g/mol. The van der Waals surface area contributed by atoms with Gasteiger partial charge in [-0.2, -0.15) is 0 Å². The lowest BCUT2D eigenvalue weighted by atomic mass is 10.1. The van der Waals surface area contributed by atoms with Crippen LogP contribution in [-0.2, 0) is 10.0 Å². The van der Waals surface area contributed by atoms with Crippen LogP contribution in [0.2, 0.25) is 5.02 Å². The van der Waals surface area contributed by atoms with E-state index in [1.165, 1.54) is 12.1 Å². The predicted octanol–water partition coefficient (Wildman–Crippen LogP) is 5.10. The summed E-state index contributed by atoms with van der Waals surface area (Å²) in [6.45, 7) is 4.14. The van der Waals surface area contributed by atoms with Gasteiger partial charge in [-0.05, 0) is 86.1 Å². The zero-order chi connectivity index (χ0) is 21.7. The maximum atomic E-state index is 12.7. The first-order valence-electron chi connectivity index (χ1n) is 9.22. The highest BCUT2D eigenvalue weighted by molar-refractivity contribution is 7.92. The Hall–Kier alpha value is -3.03. The van der Waals surface area contributed by atoms with Gasteiger partial charge in [0.1, 0.15) is 5.75 Å². The summed E-state index contributed by atoms with van der Waals surface area (Å²) in [7, 11) is -3.78. The van der Waals surface area contributed by atoms with Gasteiger partial charge in [0.25, 0.3) is 15.9 Å². The fraction of sp³-hybridized carbons (Fsp3) is 0.136. The van der Waals surface area contributed by atoms with Crippen molar-refractivity contribution in [1.29, 1.82) is 0 Å². The number of sulfonamides is 1. The predicted molar refractivity (Wildman–Crippen MR) is 119 cm³/mol. The zero-order valence-corrected chi connectivity index (χ0v) is 18.0. The summed E-state index contributed by atoms with van der Waals surface area (Å²) >= 11 is 5.84. The third-order valence-electron chi connectivity index (χ3n) is 4.28. The normalized spacial score (nSPS) is 11.0. The maximum absolute atomic E-state index is 12.7. The molecule has 0 aliphatic heterocycles. The number of rotatable bonds is 7. The average Bonchev–Trinajstić information content (AvgIpc) is 2.71. The van der Waals surface area contributed by atoms with E-state index in [9.17, 15) is 13.2 Å². The number of aryl methyl sites for hydroxylation is 1. The van der Waals surface area contributed by atoms with Crippen molar-refractivity contribution in [2.24, 2.45) is 0 Å². The molecule has 8 heteroatoms. The highest BCUT2D eigenvalue weighted by Gasteiger charge is 2.16. The van der Waals surface area contributed by atoms with Crippen molar-refractivity contribution in [3.63, 3.8) is 0 Å². The van der Waals surface area contributed by atoms with Gasteiger partial charge in [-0.15, -0.1) is 0 Å². The number of amides is 1. The molecule has 0 aliphatic carbocycles. The van der Waals surface area contributed by atoms with Gasteiger partial charge in [-0.1, -0.05) is 11.6 Å². The number of carbonyl (C=O) groups is 1. The number of hydrogen-bond donors (Lipinski definition) is 2. The molecule has 1 amide bonds. The first-order chi connectivity index (χ1) is 14.3. The summed E-state index contributed by atoms with van der Waals surface area (Å²) in [6, 6.07) is 17.7. The van der Waals surface area contributed by atoms with E-state index in [1.807, 2.05) is 6.92 Å². The molecule has 0 bridgehead atoms. The van der Waals surface area contributed by atoms with E-state index >= 15 is 0 Å². The summed E-state index contributed by atoms with van der Waals surface area (Å²) < 4.78 is 33.3. The van der Waals surface area contributed by atoms with Crippen LogP contribution in [0, 0.1) is 6.92 Å². The molecular weight excluding hydrogens is 424 g/mol. The molecule has 0 saturated carbocycles. The number of halogens is 1. The first-order valence-corrected chi connectivity index (χ1v) is 11.1. The molecule has 0 saturated heterocycles. The van der Waals surface area contributed by atoms with Crippen molar-refractivity contribution < 1.29 is 17.9 Å². The second kappa shape index (κ2) is 9.19. The molecule has 0 heterocycles. The van der Waals surface area contributed by atoms with Crippen molar-refractivity contribution in [2.75, 3.05) is 16.6 Å². The zero-order valence-electron chi connectivity index (χ0n) is 16.5. The molecular formula is C22H21ClN2O4S. The Kier molecular flexibility index (Phi) is 6.64. The number of nitrogens with one attached hydrogen (secondary N) is 2. The molecule has 156 valence electrons. The van der Waals surface area contributed by atoms with Crippen LogP contribution in [-0.4, -0.2) is 20.9 Å². The topological polar surface area (TPSA) is 84.5 Å². The molecule has 0 fully saturated rings. The Morgan fingerprint density at radius 2 is 1.67 bits per heavy atom. The van der Waals surface area contributed by atoms with E-state index < -0.39 is 10.0 Å². The second-order valence-corrected chi connectivity index (χ2v) is 8.62. The van der Waals surface area contributed by atoms with Gasteiger partial charge < -0.3 is 10.1 Å². The molecule has 2 N–H and O–H groups in total. The Labute approximate surface area is 180 Å². The Morgan fingerprint density at radius 1 is 1.00 bits per heavy atom. The SMILES string of the molecule is CCOc1ccc(NS(=O)(=O)c2ccc(NC(=O)c3ccc(Cl)cc3)c(C)c2)cc1. The van der Waals surface area contributed by atoms with Crippen LogP contribution >= 0.6 is 11.6 Å². The fourth-order valence-electron chi connectivity index (χ4n) is 2.74. The Bertz CT molecular complexity index is 1140. The first kappa shape index (κ1) is 21.7. The van der Waals surface area contributed by atoms with Crippen LogP contribution in [0.5, 0.6) is 5.75 Å². The van der Waals surface area contributed by atoms with Crippen LogP contribution in [0.4, 0.5) is 11.4 Å². The standard InChI is InChI=1S/C22H21ClN2O4S/c1-3-29-19-10-8-18(9-11-19)25-30(27,28)20-12-13-21(15(2)14-20)24-22(26)16-4-6-17(23)7-5-16/h4-14,25H,3H2,1-2H3,(H,24,26). The highest BCUT2D eigenvalue weighted by Crippen LogP contribution is 2.24. The summed E-state index contributed by atoms with van der Waals surface area (Å²) in [5, 5.41) is 3.32. The van der Waals surface area contributed by atoms with E-state index in [0.29, 0.717) is 39.9 Å². The Morgan fingerprint density at radius 3 is 2.27 bits per heavy atom. The number of anilines is 2. The van der Waals surface area contributed by atoms with Gasteiger partial charge >= 0.3 is 0 Å². The van der Waals surface area contributed by atoms with Crippen LogP contribution in [0.3, 0.4) is 0 Å². The number of ether oxygens (including phenoxy) is 1. The minimum Gasteiger partial charge on any atom is -0.494 e. The molecule has 3 aromatic rings. The lowest BCUT2D eigenvalue weighted by Crippen LogP contribution is -2.15. The van der Waals surface area contributed by atoms with E-state index in [2.05, 4.69) is 10.0 Å². The van der Waals surface area contributed by atoms with Crippen molar-refractivity contribution in [3.8, 4) is 5.75 Å². The van der Waals surface area contributed by atoms with Crippen molar-refractivity contribution in [2.45, 2.75) is 18.7 Å². The van der Waals surface area contributed by atoms with E-state index in [-0.39, 0.29) is 10.8 Å². The summed E-state index contributed by atoms with van der Waals surface area (Å²) in [6.07, 6.45) is 0. The van der Waals surface area contributed by atoms with Crippen LogP contribution in [0.15, 0.2) is 71.6 Å². The fourth-order valence-corrected chi connectivity index (χ4v) is 4.01.